The largest absolute Gasteiger partial charge is 0.329 e. The molecule has 84 valence electrons. The minimum absolute atomic E-state index is 0.372. The Morgan fingerprint density at radius 2 is 2.20 bits per heavy atom. The van der Waals surface area contributed by atoms with Crippen molar-refractivity contribution in [3.63, 3.8) is 0 Å². The van der Waals surface area contributed by atoms with Crippen LogP contribution in [0.4, 0.5) is 0 Å². The molecule has 2 nitrogen and oxygen atoms in total. The summed E-state index contributed by atoms with van der Waals surface area (Å²) in [6, 6.07) is 8.39. The topological polar surface area (TPSA) is 29.3 Å². The number of benzene rings is 1. The third-order valence-corrected chi connectivity index (χ3v) is 2.94. The van der Waals surface area contributed by atoms with Crippen LogP contribution >= 0.6 is 11.6 Å². The summed E-state index contributed by atoms with van der Waals surface area (Å²) in [5.74, 6) is 0. The SMILES string of the molecule is CCN(CCN)[C@H](C)c1cccc(Cl)c1. The Labute approximate surface area is 97.0 Å². The van der Waals surface area contributed by atoms with E-state index < -0.39 is 0 Å². The Morgan fingerprint density at radius 3 is 2.73 bits per heavy atom. The third kappa shape index (κ3) is 3.49. The van der Waals surface area contributed by atoms with Gasteiger partial charge in [-0.3, -0.25) is 4.90 Å². The minimum atomic E-state index is 0.372. The summed E-state index contributed by atoms with van der Waals surface area (Å²) in [7, 11) is 0. The Balaban J connectivity index is 2.77. The standard InChI is InChI=1S/C12H19ClN2/c1-3-15(8-7-14)10(2)11-5-4-6-12(13)9-11/h4-6,9-10H,3,7-8,14H2,1-2H3/t10-/m1/s1. The van der Waals surface area contributed by atoms with Gasteiger partial charge in [0.15, 0.2) is 0 Å². The van der Waals surface area contributed by atoms with Crippen LogP contribution in [0.25, 0.3) is 0 Å². The molecule has 1 atom stereocenters. The first kappa shape index (κ1) is 12.5. The molecular formula is C12H19ClN2. The van der Waals surface area contributed by atoms with Crippen molar-refractivity contribution in [2.24, 2.45) is 5.73 Å². The summed E-state index contributed by atoms with van der Waals surface area (Å²) in [5, 5.41) is 0.795. The van der Waals surface area contributed by atoms with Crippen molar-refractivity contribution in [1.82, 2.24) is 4.90 Å². The van der Waals surface area contributed by atoms with E-state index >= 15 is 0 Å². The molecule has 0 aliphatic rings. The van der Waals surface area contributed by atoms with Crippen molar-refractivity contribution in [2.75, 3.05) is 19.6 Å². The minimum Gasteiger partial charge on any atom is -0.329 e. The fraction of sp³-hybridized carbons (Fsp3) is 0.500. The molecule has 0 heterocycles. The molecule has 0 fully saturated rings. The van der Waals surface area contributed by atoms with Crippen molar-refractivity contribution in [3.05, 3.63) is 34.9 Å². The van der Waals surface area contributed by atoms with Crippen LogP contribution in [0.3, 0.4) is 0 Å². The van der Waals surface area contributed by atoms with Gasteiger partial charge in [-0.25, -0.2) is 0 Å². The van der Waals surface area contributed by atoms with Gasteiger partial charge in [0.2, 0.25) is 0 Å². The lowest BCUT2D eigenvalue weighted by atomic mass is 10.1. The van der Waals surface area contributed by atoms with Crippen molar-refractivity contribution in [2.45, 2.75) is 19.9 Å². The molecule has 0 spiro atoms. The van der Waals surface area contributed by atoms with Gasteiger partial charge in [0.25, 0.3) is 0 Å². The first-order valence-electron chi connectivity index (χ1n) is 5.38. The summed E-state index contributed by atoms with van der Waals surface area (Å²) in [5.41, 5.74) is 6.83. The van der Waals surface area contributed by atoms with Crippen molar-refractivity contribution in [1.29, 1.82) is 0 Å². The van der Waals surface area contributed by atoms with E-state index in [9.17, 15) is 0 Å². The fourth-order valence-electron chi connectivity index (χ4n) is 1.77. The maximum atomic E-state index is 5.97. The summed E-state index contributed by atoms with van der Waals surface area (Å²) in [4.78, 5) is 2.34. The van der Waals surface area contributed by atoms with Crippen LogP contribution in [0.2, 0.25) is 5.02 Å². The molecule has 0 saturated carbocycles. The van der Waals surface area contributed by atoms with Gasteiger partial charge >= 0.3 is 0 Å². The van der Waals surface area contributed by atoms with Gasteiger partial charge in [-0.05, 0) is 31.2 Å². The van der Waals surface area contributed by atoms with Crippen LogP contribution < -0.4 is 5.73 Å². The van der Waals surface area contributed by atoms with E-state index in [1.54, 1.807) is 0 Å². The first-order chi connectivity index (χ1) is 7.19. The fourth-order valence-corrected chi connectivity index (χ4v) is 1.97. The van der Waals surface area contributed by atoms with Crippen LogP contribution in [0.5, 0.6) is 0 Å². The van der Waals surface area contributed by atoms with Gasteiger partial charge in [0, 0.05) is 24.2 Å². The van der Waals surface area contributed by atoms with Crippen molar-refractivity contribution in [3.8, 4) is 0 Å². The second kappa shape index (κ2) is 6.11. The van der Waals surface area contributed by atoms with Gasteiger partial charge in [0.05, 0.1) is 0 Å². The molecule has 0 aromatic heterocycles. The third-order valence-electron chi connectivity index (χ3n) is 2.70. The molecule has 0 bridgehead atoms. The van der Waals surface area contributed by atoms with E-state index in [2.05, 4.69) is 24.8 Å². The maximum absolute atomic E-state index is 5.97. The zero-order valence-corrected chi connectivity index (χ0v) is 10.2. The average molecular weight is 227 g/mol. The van der Waals surface area contributed by atoms with Gasteiger partial charge < -0.3 is 5.73 Å². The highest BCUT2D eigenvalue weighted by Gasteiger charge is 2.12. The molecule has 0 unspecified atom stereocenters. The number of nitrogens with zero attached hydrogens (tertiary/aromatic N) is 1. The molecule has 0 radical (unpaired) electrons. The van der Waals surface area contributed by atoms with E-state index in [4.69, 9.17) is 17.3 Å². The van der Waals surface area contributed by atoms with E-state index in [1.807, 2.05) is 18.2 Å². The average Bonchev–Trinajstić information content (AvgIpc) is 2.25. The highest BCUT2D eigenvalue weighted by atomic mass is 35.5. The number of rotatable bonds is 5. The van der Waals surface area contributed by atoms with E-state index in [1.165, 1.54) is 5.56 Å². The predicted octanol–water partition coefficient (Wildman–Crippen LogP) is 2.68. The zero-order valence-electron chi connectivity index (χ0n) is 9.41. The lowest BCUT2D eigenvalue weighted by molar-refractivity contribution is 0.228. The molecule has 3 heteroatoms. The van der Waals surface area contributed by atoms with Crippen molar-refractivity contribution < 1.29 is 0 Å². The maximum Gasteiger partial charge on any atom is 0.0409 e. The van der Waals surface area contributed by atoms with Crippen LogP contribution in [0.1, 0.15) is 25.5 Å². The summed E-state index contributed by atoms with van der Waals surface area (Å²) >= 11 is 5.97. The van der Waals surface area contributed by atoms with Crippen molar-refractivity contribution >= 4 is 11.6 Å². The molecule has 0 aliphatic heterocycles. The van der Waals surface area contributed by atoms with Crippen LogP contribution in [0.15, 0.2) is 24.3 Å². The summed E-state index contributed by atoms with van der Waals surface area (Å²) < 4.78 is 0. The molecule has 2 N–H and O–H groups in total. The highest BCUT2D eigenvalue weighted by molar-refractivity contribution is 6.30. The number of hydrogen-bond donors (Lipinski definition) is 1. The normalized spacial score (nSPS) is 13.1. The first-order valence-corrected chi connectivity index (χ1v) is 5.76. The molecule has 0 amide bonds. The number of halogens is 1. The number of likely N-dealkylation sites (N-methyl/N-ethyl adjacent to an activating group) is 1. The quantitative estimate of drug-likeness (QED) is 0.837. The summed E-state index contributed by atoms with van der Waals surface area (Å²) in [6.07, 6.45) is 0. The zero-order chi connectivity index (χ0) is 11.3. The van der Waals surface area contributed by atoms with Gasteiger partial charge in [-0.15, -0.1) is 0 Å². The second-order valence-electron chi connectivity index (χ2n) is 3.65. The predicted molar refractivity (Wildman–Crippen MR) is 66.2 cm³/mol. The Kier molecular flexibility index (Phi) is 5.09. The van der Waals surface area contributed by atoms with Crippen LogP contribution in [0, 0.1) is 0 Å². The molecule has 0 saturated heterocycles. The van der Waals surface area contributed by atoms with E-state index in [0.717, 1.165) is 18.1 Å². The smallest absolute Gasteiger partial charge is 0.0409 e. The van der Waals surface area contributed by atoms with Gasteiger partial charge in [0.1, 0.15) is 0 Å². The summed E-state index contributed by atoms with van der Waals surface area (Å²) in [6.45, 7) is 6.95. The number of nitrogens with two attached hydrogens (primary N) is 1. The molecular weight excluding hydrogens is 208 g/mol. The monoisotopic (exact) mass is 226 g/mol. The number of hydrogen-bond acceptors (Lipinski definition) is 2. The Bertz CT molecular complexity index is 301. The Morgan fingerprint density at radius 1 is 1.47 bits per heavy atom. The second-order valence-corrected chi connectivity index (χ2v) is 4.08. The molecule has 0 aliphatic carbocycles. The van der Waals surface area contributed by atoms with Gasteiger partial charge in [-0.1, -0.05) is 30.7 Å². The van der Waals surface area contributed by atoms with E-state index in [0.29, 0.717) is 12.6 Å². The molecule has 15 heavy (non-hydrogen) atoms. The van der Waals surface area contributed by atoms with Gasteiger partial charge in [-0.2, -0.15) is 0 Å². The van der Waals surface area contributed by atoms with Crippen LogP contribution in [-0.4, -0.2) is 24.5 Å². The lowest BCUT2D eigenvalue weighted by Crippen LogP contribution is -2.31. The highest BCUT2D eigenvalue weighted by Crippen LogP contribution is 2.22. The lowest BCUT2D eigenvalue weighted by Gasteiger charge is -2.27. The Hall–Kier alpha value is -0.570. The molecule has 1 aromatic carbocycles. The molecule has 1 rings (SSSR count). The molecule has 1 aromatic rings. The van der Waals surface area contributed by atoms with Crippen LogP contribution in [-0.2, 0) is 0 Å². The van der Waals surface area contributed by atoms with E-state index in [-0.39, 0.29) is 0 Å².